The maximum Gasteiger partial charge on any atom is 0.250 e. The van der Waals surface area contributed by atoms with Crippen molar-refractivity contribution < 1.29 is 10.0 Å². The molecular weight excluding hydrogens is 118 g/mol. The molecule has 0 saturated heterocycles. The number of carbonyl (C=O) groups excluding carboxylic acids is 1. The SMILES string of the molecule is O=C(NO)C1C=CCC1. The first-order valence-corrected chi connectivity index (χ1v) is 2.95. The number of carbonyl (C=O) groups is 1. The fourth-order valence-electron chi connectivity index (χ4n) is 0.934. The van der Waals surface area contributed by atoms with Crippen molar-refractivity contribution in [3.8, 4) is 0 Å². The molecule has 0 aromatic rings. The first-order valence-electron chi connectivity index (χ1n) is 2.95. The molecule has 1 unspecified atom stereocenters. The predicted octanol–water partition coefficient (Wildman–Crippen LogP) is 0.458. The Morgan fingerprint density at radius 2 is 2.56 bits per heavy atom. The van der Waals surface area contributed by atoms with E-state index in [2.05, 4.69) is 0 Å². The summed E-state index contributed by atoms with van der Waals surface area (Å²) >= 11 is 0. The Hall–Kier alpha value is -0.830. The molecule has 0 aromatic heterocycles. The van der Waals surface area contributed by atoms with Gasteiger partial charge in [0.1, 0.15) is 0 Å². The molecule has 0 spiro atoms. The maximum absolute atomic E-state index is 10.6. The zero-order chi connectivity index (χ0) is 6.69. The Morgan fingerprint density at radius 1 is 1.78 bits per heavy atom. The quantitative estimate of drug-likeness (QED) is 0.305. The second-order valence-electron chi connectivity index (χ2n) is 2.09. The van der Waals surface area contributed by atoms with Crippen LogP contribution < -0.4 is 5.48 Å². The van der Waals surface area contributed by atoms with Gasteiger partial charge in [-0.15, -0.1) is 0 Å². The van der Waals surface area contributed by atoms with E-state index >= 15 is 0 Å². The third-order valence-corrected chi connectivity index (χ3v) is 1.46. The Balaban J connectivity index is 2.43. The van der Waals surface area contributed by atoms with Crippen molar-refractivity contribution in [2.75, 3.05) is 0 Å². The van der Waals surface area contributed by atoms with Crippen LogP contribution in [-0.4, -0.2) is 11.1 Å². The molecule has 1 amide bonds. The Bertz CT molecular complexity index is 142. The van der Waals surface area contributed by atoms with Gasteiger partial charge in [-0.1, -0.05) is 12.2 Å². The Labute approximate surface area is 53.3 Å². The highest BCUT2D eigenvalue weighted by Gasteiger charge is 2.16. The zero-order valence-electron chi connectivity index (χ0n) is 5.00. The van der Waals surface area contributed by atoms with E-state index in [1.54, 1.807) is 5.48 Å². The highest BCUT2D eigenvalue weighted by molar-refractivity contribution is 5.79. The van der Waals surface area contributed by atoms with Gasteiger partial charge in [0.15, 0.2) is 0 Å². The van der Waals surface area contributed by atoms with Crippen LogP contribution in [0.15, 0.2) is 12.2 Å². The van der Waals surface area contributed by atoms with Gasteiger partial charge in [-0.05, 0) is 12.8 Å². The minimum absolute atomic E-state index is 0.102. The fraction of sp³-hybridized carbons (Fsp3) is 0.500. The van der Waals surface area contributed by atoms with Gasteiger partial charge in [-0.3, -0.25) is 10.0 Å². The summed E-state index contributed by atoms with van der Waals surface area (Å²) in [6.07, 6.45) is 5.52. The van der Waals surface area contributed by atoms with Crippen LogP contribution in [0.4, 0.5) is 0 Å². The lowest BCUT2D eigenvalue weighted by atomic mass is 10.1. The smallest absolute Gasteiger partial charge is 0.250 e. The van der Waals surface area contributed by atoms with E-state index in [1.807, 2.05) is 12.2 Å². The third-order valence-electron chi connectivity index (χ3n) is 1.46. The Kier molecular flexibility index (Phi) is 1.85. The molecule has 3 heteroatoms. The van der Waals surface area contributed by atoms with Crippen molar-refractivity contribution in [1.82, 2.24) is 5.48 Å². The van der Waals surface area contributed by atoms with Crippen LogP contribution in [-0.2, 0) is 4.79 Å². The number of hydroxylamine groups is 1. The minimum Gasteiger partial charge on any atom is -0.289 e. The summed E-state index contributed by atoms with van der Waals surface area (Å²) in [5, 5.41) is 8.16. The zero-order valence-corrected chi connectivity index (χ0v) is 5.00. The topological polar surface area (TPSA) is 49.3 Å². The Morgan fingerprint density at radius 3 is 3.00 bits per heavy atom. The average Bonchev–Trinajstić information content (AvgIpc) is 2.37. The van der Waals surface area contributed by atoms with Crippen LogP contribution in [0.5, 0.6) is 0 Å². The molecule has 9 heavy (non-hydrogen) atoms. The number of allylic oxidation sites excluding steroid dienone is 1. The predicted molar refractivity (Wildman–Crippen MR) is 31.8 cm³/mol. The maximum atomic E-state index is 10.6. The van der Waals surface area contributed by atoms with Gasteiger partial charge in [0.2, 0.25) is 5.91 Å². The molecule has 3 nitrogen and oxygen atoms in total. The molecule has 0 radical (unpaired) electrons. The largest absolute Gasteiger partial charge is 0.289 e. The molecule has 1 aliphatic carbocycles. The number of rotatable bonds is 1. The van der Waals surface area contributed by atoms with E-state index < -0.39 is 0 Å². The van der Waals surface area contributed by atoms with Crippen LogP contribution in [0.1, 0.15) is 12.8 Å². The second kappa shape index (κ2) is 2.64. The summed E-state index contributed by atoms with van der Waals surface area (Å²) in [6, 6.07) is 0. The minimum atomic E-state index is -0.302. The number of hydrogen-bond acceptors (Lipinski definition) is 2. The lowest BCUT2D eigenvalue weighted by Crippen LogP contribution is -2.25. The number of hydrogen-bond donors (Lipinski definition) is 2. The van der Waals surface area contributed by atoms with E-state index in [0.717, 1.165) is 12.8 Å². The van der Waals surface area contributed by atoms with Crippen molar-refractivity contribution in [2.24, 2.45) is 5.92 Å². The number of amides is 1. The van der Waals surface area contributed by atoms with E-state index in [-0.39, 0.29) is 11.8 Å². The molecule has 0 heterocycles. The van der Waals surface area contributed by atoms with Crippen LogP contribution in [0.3, 0.4) is 0 Å². The van der Waals surface area contributed by atoms with Crippen molar-refractivity contribution >= 4 is 5.91 Å². The summed E-state index contributed by atoms with van der Waals surface area (Å²) in [4.78, 5) is 10.6. The van der Waals surface area contributed by atoms with Crippen LogP contribution >= 0.6 is 0 Å². The standard InChI is InChI=1S/C6H9NO2/c8-6(7-9)5-3-1-2-4-5/h1,3,5,9H,2,4H2,(H,7,8). The van der Waals surface area contributed by atoms with Gasteiger partial charge in [-0.2, -0.15) is 0 Å². The molecule has 0 saturated carbocycles. The van der Waals surface area contributed by atoms with Gasteiger partial charge in [0.25, 0.3) is 0 Å². The van der Waals surface area contributed by atoms with Gasteiger partial charge in [-0.25, -0.2) is 5.48 Å². The summed E-state index contributed by atoms with van der Waals surface area (Å²) in [6.45, 7) is 0. The van der Waals surface area contributed by atoms with Crippen molar-refractivity contribution in [3.63, 3.8) is 0 Å². The molecule has 0 bridgehead atoms. The molecule has 0 aliphatic heterocycles. The van der Waals surface area contributed by atoms with E-state index in [4.69, 9.17) is 5.21 Å². The summed E-state index contributed by atoms with van der Waals surface area (Å²) in [5.74, 6) is -0.404. The highest BCUT2D eigenvalue weighted by atomic mass is 16.5. The number of nitrogens with one attached hydrogen (secondary N) is 1. The van der Waals surface area contributed by atoms with Gasteiger partial charge < -0.3 is 0 Å². The first kappa shape index (κ1) is 6.29. The van der Waals surface area contributed by atoms with E-state index in [9.17, 15) is 4.79 Å². The third kappa shape index (κ3) is 1.29. The summed E-state index contributed by atoms with van der Waals surface area (Å²) < 4.78 is 0. The summed E-state index contributed by atoms with van der Waals surface area (Å²) in [7, 11) is 0. The lowest BCUT2D eigenvalue weighted by Gasteiger charge is -2.01. The van der Waals surface area contributed by atoms with E-state index in [0.29, 0.717) is 0 Å². The van der Waals surface area contributed by atoms with Crippen molar-refractivity contribution in [2.45, 2.75) is 12.8 Å². The average molecular weight is 127 g/mol. The molecule has 1 rings (SSSR count). The molecule has 0 aromatic carbocycles. The van der Waals surface area contributed by atoms with E-state index in [1.165, 1.54) is 0 Å². The van der Waals surface area contributed by atoms with Crippen molar-refractivity contribution in [1.29, 1.82) is 0 Å². The lowest BCUT2D eigenvalue weighted by molar-refractivity contribution is -0.131. The van der Waals surface area contributed by atoms with Crippen LogP contribution in [0.2, 0.25) is 0 Å². The van der Waals surface area contributed by atoms with Crippen molar-refractivity contribution in [3.05, 3.63) is 12.2 Å². The fourth-order valence-corrected chi connectivity index (χ4v) is 0.934. The summed E-state index contributed by atoms with van der Waals surface area (Å²) in [5.41, 5.74) is 1.62. The molecule has 2 N–H and O–H groups in total. The molecule has 50 valence electrons. The van der Waals surface area contributed by atoms with Crippen LogP contribution in [0, 0.1) is 5.92 Å². The second-order valence-corrected chi connectivity index (χ2v) is 2.09. The monoisotopic (exact) mass is 127 g/mol. The molecule has 1 aliphatic rings. The molecular formula is C6H9NO2. The molecule has 1 atom stereocenters. The first-order chi connectivity index (χ1) is 4.34. The van der Waals surface area contributed by atoms with Gasteiger partial charge in [0, 0.05) is 0 Å². The highest BCUT2D eigenvalue weighted by Crippen LogP contribution is 2.15. The van der Waals surface area contributed by atoms with Gasteiger partial charge in [0.05, 0.1) is 5.92 Å². The van der Waals surface area contributed by atoms with Crippen LogP contribution in [0.25, 0.3) is 0 Å². The van der Waals surface area contributed by atoms with Gasteiger partial charge >= 0.3 is 0 Å². The normalized spacial score (nSPS) is 24.3. The molecule has 0 fully saturated rings.